The molecule has 5 unspecified atom stereocenters. The first-order valence-electron chi connectivity index (χ1n) is 7.52. The zero-order chi connectivity index (χ0) is 13.6. The van der Waals surface area contributed by atoms with E-state index in [1.54, 1.807) is 0 Å². The highest BCUT2D eigenvalue weighted by Crippen LogP contribution is 2.49. The maximum Gasteiger partial charge on any atom is 0.0890 e. The Kier molecular flexibility index (Phi) is 3.81. The molecular formula is C16H30O2. The van der Waals surface area contributed by atoms with E-state index in [4.69, 9.17) is 9.47 Å². The second kappa shape index (κ2) is 4.79. The molecule has 0 bridgehead atoms. The third-order valence-corrected chi connectivity index (χ3v) is 5.71. The van der Waals surface area contributed by atoms with E-state index in [1.807, 2.05) is 0 Å². The average molecular weight is 254 g/mol. The number of hydrogen-bond donors (Lipinski definition) is 0. The number of fused-ring (bicyclic) bond motifs is 1. The third-order valence-electron chi connectivity index (χ3n) is 5.71. The smallest absolute Gasteiger partial charge is 0.0890 e. The fourth-order valence-electron chi connectivity index (χ4n) is 3.50. The topological polar surface area (TPSA) is 18.5 Å². The van der Waals surface area contributed by atoms with E-state index >= 15 is 0 Å². The van der Waals surface area contributed by atoms with Crippen molar-refractivity contribution in [2.24, 2.45) is 22.7 Å². The van der Waals surface area contributed by atoms with E-state index in [0.717, 1.165) is 13.2 Å². The molecule has 0 aromatic rings. The van der Waals surface area contributed by atoms with E-state index < -0.39 is 0 Å². The van der Waals surface area contributed by atoms with E-state index in [1.165, 1.54) is 12.8 Å². The summed E-state index contributed by atoms with van der Waals surface area (Å²) >= 11 is 0. The molecule has 2 aliphatic rings. The van der Waals surface area contributed by atoms with Gasteiger partial charge in [0.25, 0.3) is 0 Å². The summed E-state index contributed by atoms with van der Waals surface area (Å²) < 4.78 is 12.0. The zero-order valence-corrected chi connectivity index (χ0v) is 13.0. The highest BCUT2D eigenvalue weighted by molar-refractivity contribution is 4.97. The summed E-state index contributed by atoms with van der Waals surface area (Å²) in [5, 5.41) is 0. The molecule has 2 heterocycles. The van der Waals surface area contributed by atoms with Gasteiger partial charge in [0.15, 0.2) is 0 Å². The monoisotopic (exact) mass is 254 g/mol. The minimum absolute atomic E-state index is 0.337. The van der Waals surface area contributed by atoms with Crippen molar-refractivity contribution in [1.82, 2.24) is 0 Å². The first-order chi connectivity index (χ1) is 8.28. The molecule has 2 saturated heterocycles. The van der Waals surface area contributed by atoms with Crippen LogP contribution in [0.4, 0.5) is 0 Å². The lowest BCUT2D eigenvalue weighted by molar-refractivity contribution is 0.0187. The molecule has 5 atom stereocenters. The second-order valence-electron chi connectivity index (χ2n) is 7.70. The summed E-state index contributed by atoms with van der Waals surface area (Å²) in [4.78, 5) is 0. The highest BCUT2D eigenvalue weighted by Gasteiger charge is 2.49. The van der Waals surface area contributed by atoms with Gasteiger partial charge in [-0.1, -0.05) is 48.0 Å². The van der Waals surface area contributed by atoms with Crippen molar-refractivity contribution < 1.29 is 9.47 Å². The molecule has 0 aromatic heterocycles. The van der Waals surface area contributed by atoms with Crippen molar-refractivity contribution in [1.29, 1.82) is 0 Å². The first kappa shape index (κ1) is 14.3. The maximum atomic E-state index is 5.98. The number of hydrogen-bond acceptors (Lipinski definition) is 2. The molecule has 106 valence electrons. The third kappa shape index (κ3) is 2.34. The summed E-state index contributed by atoms with van der Waals surface area (Å²) in [6, 6.07) is 0. The van der Waals surface area contributed by atoms with Gasteiger partial charge in [0, 0.05) is 11.8 Å². The van der Waals surface area contributed by atoms with Crippen molar-refractivity contribution in [3.63, 3.8) is 0 Å². The molecular weight excluding hydrogens is 224 g/mol. The molecule has 0 amide bonds. The van der Waals surface area contributed by atoms with Gasteiger partial charge < -0.3 is 9.47 Å². The molecule has 2 rings (SSSR count). The van der Waals surface area contributed by atoms with E-state index in [2.05, 4.69) is 41.5 Å². The Morgan fingerprint density at radius 2 is 1.61 bits per heavy atom. The SMILES string of the molecule is CCC(C)(CC1COC2C(C)COC12)C(C)(C)C. The summed E-state index contributed by atoms with van der Waals surface area (Å²) in [6.45, 7) is 15.9. The normalized spacial score (nSPS) is 39.7. The molecule has 0 aliphatic carbocycles. The van der Waals surface area contributed by atoms with Crippen molar-refractivity contribution >= 4 is 0 Å². The average Bonchev–Trinajstić information content (AvgIpc) is 2.82. The van der Waals surface area contributed by atoms with Gasteiger partial charge in [0.2, 0.25) is 0 Å². The molecule has 18 heavy (non-hydrogen) atoms. The Morgan fingerprint density at radius 1 is 1.00 bits per heavy atom. The van der Waals surface area contributed by atoms with Crippen LogP contribution in [0, 0.1) is 22.7 Å². The van der Waals surface area contributed by atoms with Crippen molar-refractivity contribution in [3.8, 4) is 0 Å². The zero-order valence-electron chi connectivity index (χ0n) is 13.0. The minimum atomic E-state index is 0.337. The van der Waals surface area contributed by atoms with Crippen molar-refractivity contribution in [3.05, 3.63) is 0 Å². The Labute approximate surface area is 112 Å². The first-order valence-corrected chi connectivity index (χ1v) is 7.52. The quantitative estimate of drug-likeness (QED) is 0.760. The second-order valence-corrected chi connectivity index (χ2v) is 7.70. The van der Waals surface area contributed by atoms with Gasteiger partial charge in [-0.3, -0.25) is 0 Å². The highest BCUT2D eigenvalue weighted by atomic mass is 16.6. The maximum absolute atomic E-state index is 5.98. The molecule has 0 saturated carbocycles. The Hall–Kier alpha value is -0.0800. The molecule has 2 heteroatoms. The summed E-state index contributed by atoms with van der Waals surface area (Å²) in [5.74, 6) is 1.16. The fourth-order valence-corrected chi connectivity index (χ4v) is 3.50. The summed E-state index contributed by atoms with van der Waals surface area (Å²) in [5.41, 5.74) is 0.704. The van der Waals surface area contributed by atoms with Gasteiger partial charge in [-0.25, -0.2) is 0 Å². The van der Waals surface area contributed by atoms with Gasteiger partial charge >= 0.3 is 0 Å². The molecule has 0 N–H and O–H groups in total. The van der Waals surface area contributed by atoms with E-state index in [-0.39, 0.29) is 0 Å². The van der Waals surface area contributed by atoms with Gasteiger partial charge in [-0.05, 0) is 17.3 Å². The minimum Gasteiger partial charge on any atom is -0.375 e. The van der Waals surface area contributed by atoms with Crippen LogP contribution in [-0.4, -0.2) is 25.4 Å². The number of ether oxygens (including phenoxy) is 2. The van der Waals surface area contributed by atoms with Crippen LogP contribution in [0.1, 0.15) is 54.4 Å². The number of rotatable bonds is 3. The molecule has 2 aliphatic heterocycles. The standard InChI is InChI=1S/C16H30O2/c1-7-16(6,15(3,4)5)8-12-10-18-13-11(2)9-17-14(12)13/h11-14H,7-10H2,1-6H3. The molecule has 2 fully saturated rings. The Morgan fingerprint density at radius 3 is 2.17 bits per heavy atom. The summed E-state index contributed by atoms with van der Waals surface area (Å²) in [6.07, 6.45) is 3.16. The van der Waals surface area contributed by atoms with Crippen LogP contribution in [0.5, 0.6) is 0 Å². The largest absolute Gasteiger partial charge is 0.375 e. The summed E-state index contributed by atoms with van der Waals surface area (Å²) in [7, 11) is 0. The predicted octanol–water partition coefficient (Wildman–Crippen LogP) is 3.89. The lowest BCUT2D eigenvalue weighted by atomic mass is 9.62. The Bertz CT molecular complexity index is 294. The van der Waals surface area contributed by atoms with Gasteiger partial charge in [0.1, 0.15) is 0 Å². The van der Waals surface area contributed by atoms with E-state index in [9.17, 15) is 0 Å². The van der Waals surface area contributed by atoms with Crippen LogP contribution in [0.2, 0.25) is 0 Å². The van der Waals surface area contributed by atoms with Gasteiger partial charge in [-0.2, -0.15) is 0 Å². The molecule has 0 spiro atoms. The van der Waals surface area contributed by atoms with Crippen LogP contribution in [0.3, 0.4) is 0 Å². The molecule has 0 radical (unpaired) electrons. The van der Waals surface area contributed by atoms with Gasteiger partial charge in [0.05, 0.1) is 25.4 Å². The van der Waals surface area contributed by atoms with Gasteiger partial charge in [-0.15, -0.1) is 0 Å². The Balaban J connectivity index is 2.06. The van der Waals surface area contributed by atoms with Crippen LogP contribution < -0.4 is 0 Å². The molecule has 0 aromatic carbocycles. The lowest BCUT2D eigenvalue weighted by Crippen LogP contribution is -2.37. The van der Waals surface area contributed by atoms with Crippen molar-refractivity contribution in [2.75, 3.05) is 13.2 Å². The van der Waals surface area contributed by atoms with Crippen molar-refractivity contribution in [2.45, 2.75) is 66.6 Å². The predicted molar refractivity (Wildman–Crippen MR) is 74.6 cm³/mol. The fraction of sp³-hybridized carbons (Fsp3) is 1.00. The lowest BCUT2D eigenvalue weighted by Gasteiger charge is -2.43. The van der Waals surface area contributed by atoms with Crippen LogP contribution in [0.15, 0.2) is 0 Å². The molecule has 2 nitrogen and oxygen atoms in total. The van der Waals surface area contributed by atoms with E-state index in [0.29, 0.717) is 34.9 Å². The van der Waals surface area contributed by atoms with Crippen LogP contribution in [-0.2, 0) is 9.47 Å². The van der Waals surface area contributed by atoms with Crippen LogP contribution >= 0.6 is 0 Å². The van der Waals surface area contributed by atoms with Crippen LogP contribution in [0.25, 0.3) is 0 Å².